The number of hydrogen-bond acceptors (Lipinski definition) is 3. The molecule has 0 saturated carbocycles. The van der Waals surface area contributed by atoms with Gasteiger partial charge >= 0.3 is 29.6 Å². The maximum absolute atomic E-state index is 10.8. The van der Waals surface area contributed by atoms with Gasteiger partial charge in [-0.15, -0.1) is 6.58 Å². The Morgan fingerprint density at radius 2 is 2.27 bits per heavy atom. The summed E-state index contributed by atoms with van der Waals surface area (Å²) in [7, 11) is 1.50. The van der Waals surface area contributed by atoms with Crippen LogP contribution in [0.1, 0.15) is 15.9 Å². The van der Waals surface area contributed by atoms with Gasteiger partial charge < -0.3 is 14.6 Å². The Bertz CT molecular complexity index is 361. The van der Waals surface area contributed by atoms with Gasteiger partial charge in [-0.3, -0.25) is 0 Å². The largest absolute Gasteiger partial charge is 1.00 e. The molecule has 0 spiro atoms. The van der Waals surface area contributed by atoms with Crippen LogP contribution in [0.3, 0.4) is 0 Å². The fraction of sp³-hybridized carbons (Fsp3) is 0.182. The van der Waals surface area contributed by atoms with Crippen molar-refractivity contribution >= 4 is 5.97 Å². The average Bonchev–Trinajstić information content (AvgIpc) is 2.18. The van der Waals surface area contributed by atoms with Crippen LogP contribution in [0.4, 0.5) is 0 Å². The quantitative estimate of drug-likeness (QED) is 0.422. The fourth-order valence-corrected chi connectivity index (χ4v) is 1.30. The molecule has 0 aliphatic carbocycles. The van der Waals surface area contributed by atoms with E-state index in [1.807, 2.05) is 0 Å². The molecule has 3 nitrogen and oxygen atoms in total. The standard InChI is InChI=1S/C11H12O3.Na/c1-3-5-8-9(11(12)13)6-4-7-10(8)14-2;/h3-4,6-7H,1,5H2,2H3,(H,12,13);/q;+1/p-1. The number of carbonyl (C=O) groups excluding carboxylic acids is 1. The van der Waals surface area contributed by atoms with Gasteiger partial charge in [0.05, 0.1) is 13.1 Å². The summed E-state index contributed by atoms with van der Waals surface area (Å²) in [5.41, 5.74) is 0.759. The van der Waals surface area contributed by atoms with Gasteiger partial charge in [-0.1, -0.05) is 18.2 Å². The smallest absolute Gasteiger partial charge is 0.545 e. The summed E-state index contributed by atoms with van der Waals surface area (Å²) < 4.78 is 5.05. The molecular weight excluding hydrogens is 203 g/mol. The molecular formula is C11H11NaO3. The van der Waals surface area contributed by atoms with E-state index in [9.17, 15) is 9.90 Å². The molecule has 0 N–H and O–H groups in total. The average molecular weight is 214 g/mol. The molecule has 0 aliphatic heterocycles. The Labute approximate surface area is 111 Å². The molecule has 0 saturated heterocycles. The summed E-state index contributed by atoms with van der Waals surface area (Å²) in [5.74, 6) is -0.646. The first-order chi connectivity index (χ1) is 6.70. The van der Waals surface area contributed by atoms with Crippen LogP contribution in [-0.2, 0) is 6.42 Å². The van der Waals surface area contributed by atoms with Gasteiger partial charge in [-0.25, -0.2) is 0 Å². The molecule has 0 fully saturated rings. The van der Waals surface area contributed by atoms with E-state index in [1.54, 1.807) is 18.2 Å². The first-order valence-corrected chi connectivity index (χ1v) is 4.18. The Morgan fingerprint density at radius 1 is 1.60 bits per heavy atom. The van der Waals surface area contributed by atoms with Gasteiger partial charge in [0, 0.05) is 11.1 Å². The molecule has 1 rings (SSSR count). The molecule has 1 aromatic rings. The van der Waals surface area contributed by atoms with Gasteiger partial charge in [0.15, 0.2) is 0 Å². The molecule has 0 aliphatic rings. The van der Waals surface area contributed by atoms with Crippen molar-refractivity contribution in [3.8, 4) is 5.75 Å². The minimum atomic E-state index is -1.19. The van der Waals surface area contributed by atoms with Crippen molar-refractivity contribution in [2.24, 2.45) is 0 Å². The summed E-state index contributed by atoms with van der Waals surface area (Å²) in [6.45, 7) is 3.56. The van der Waals surface area contributed by atoms with Crippen LogP contribution in [0.2, 0.25) is 0 Å². The van der Waals surface area contributed by atoms with E-state index >= 15 is 0 Å². The van der Waals surface area contributed by atoms with E-state index in [0.29, 0.717) is 17.7 Å². The van der Waals surface area contributed by atoms with Crippen molar-refractivity contribution in [1.82, 2.24) is 0 Å². The van der Waals surface area contributed by atoms with Gasteiger partial charge in [0.1, 0.15) is 5.75 Å². The third-order valence-corrected chi connectivity index (χ3v) is 1.92. The predicted octanol–water partition coefficient (Wildman–Crippen LogP) is -2.21. The van der Waals surface area contributed by atoms with E-state index in [2.05, 4.69) is 6.58 Å². The zero-order valence-electron chi connectivity index (χ0n) is 8.95. The topological polar surface area (TPSA) is 49.4 Å². The first kappa shape index (κ1) is 14.2. The Balaban J connectivity index is 0.00000196. The number of rotatable bonds is 4. The molecule has 0 amide bonds. The van der Waals surface area contributed by atoms with Gasteiger partial charge in [0.25, 0.3) is 0 Å². The number of carboxylic acids is 1. The monoisotopic (exact) mass is 214 g/mol. The zero-order chi connectivity index (χ0) is 10.6. The fourth-order valence-electron chi connectivity index (χ4n) is 1.30. The molecule has 0 heterocycles. The number of hydrogen-bond donors (Lipinski definition) is 0. The van der Waals surface area contributed by atoms with E-state index in [4.69, 9.17) is 4.74 Å². The summed E-state index contributed by atoms with van der Waals surface area (Å²) in [6, 6.07) is 4.83. The predicted molar refractivity (Wildman–Crippen MR) is 51.2 cm³/mol. The van der Waals surface area contributed by atoms with Crippen molar-refractivity contribution in [3.05, 3.63) is 42.0 Å². The van der Waals surface area contributed by atoms with Crippen molar-refractivity contribution < 1.29 is 44.2 Å². The van der Waals surface area contributed by atoms with E-state index in [1.165, 1.54) is 13.2 Å². The number of allylic oxidation sites excluding steroid dienone is 1. The molecule has 0 atom stereocenters. The maximum atomic E-state index is 10.8. The van der Waals surface area contributed by atoms with Gasteiger partial charge in [0.2, 0.25) is 0 Å². The third kappa shape index (κ3) is 3.38. The van der Waals surface area contributed by atoms with Crippen LogP contribution in [0.25, 0.3) is 0 Å². The van der Waals surface area contributed by atoms with Crippen LogP contribution < -0.4 is 39.4 Å². The first-order valence-electron chi connectivity index (χ1n) is 4.18. The van der Waals surface area contributed by atoms with Gasteiger partial charge in [-0.2, -0.15) is 0 Å². The second-order valence-electron chi connectivity index (χ2n) is 2.77. The second kappa shape index (κ2) is 6.67. The normalized spacial score (nSPS) is 8.87. The number of benzene rings is 1. The SMILES string of the molecule is C=CCc1c(OC)cccc1C(=O)[O-].[Na+]. The minimum absolute atomic E-state index is 0. The van der Waals surface area contributed by atoms with Gasteiger partial charge in [-0.05, 0) is 12.5 Å². The molecule has 0 aromatic heterocycles. The van der Waals surface area contributed by atoms with Crippen molar-refractivity contribution in [1.29, 1.82) is 0 Å². The molecule has 74 valence electrons. The Hall–Kier alpha value is -0.770. The molecule has 0 bridgehead atoms. The zero-order valence-corrected chi connectivity index (χ0v) is 10.9. The summed E-state index contributed by atoms with van der Waals surface area (Å²) >= 11 is 0. The Kier molecular flexibility index (Phi) is 6.32. The van der Waals surface area contributed by atoms with Crippen molar-refractivity contribution in [3.63, 3.8) is 0 Å². The van der Waals surface area contributed by atoms with E-state index < -0.39 is 5.97 Å². The number of carbonyl (C=O) groups is 1. The summed E-state index contributed by atoms with van der Waals surface area (Å²) in [5, 5.41) is 10.8. The molecule has 0 radical (unpaired) electrons. The van der Waals surface area contributed by atoms with Crippen molar-refractivity contribution in [2.75, 3.05) is 7.11 Å². The third-order valence-electron chi connectivity index (χ3n) is 1.92. The number of ether oxygens (including phenoxy) is 1. The Morgan fingerprint density at radius 3 is 2.73 bits per heavy atom. The van der Waals surface area contributed by atoms with Crippen LogP contribution >= 0.6 is 0 Å². The maximum Gasteiger partial charge on any atom is 1.00 e. The van der Waals surface area contributed by atoms with Crippen LogP contribution in [0.5, 0.6) is 5.75 Å². The molecule has 15 heavy (non-hydrogen) atoms. The molecule has 0 unspecified atom stereocenters. The molecule has 1 aromatic carbocycles. The van der Waals surface area contributed by atoms with Crippen LogP contribution in [-0.4, -0.2) is 13.1 Å². The summed E-state index contributed by atoms with van der Waals surface area (Å²) in [4.78, 5) is 10.8. The summed E-state index contributed by atoms with van der Waals surface area (Å²) in [6.07, 6.45) is 2.08. The number of aromatic carboxylic acids is 1. The number of methoxy groups -OCH3 is 1. The molecule has 4 heteroatoms. The van der Waals surface area contributed by atoms with Crippen LogP contribution in [0, 0.1) is 0 Å². The van der Waals surface area contributed by atoms with E-state index in [-0.39, 0.29) is 35.1 Å². The number of carboxylic acid groups (broad SMARTS) is 1. The van der Waals surface area contributed by atoms with E-state index in [0.717, 1.165) is 0 Å². The minimum Gasteiger partial charge on any atom is -0.545 e. The second-order valence-corrected chi connectivity index (χ2v) is 2.77. The van der Waals surface area contributed by atoms with Crippen LogP contribution in [0.15, 0.2) is 30.9 Å². The van der Waals surface area contributed by atoms with Crippen molar-refractivity contribution in [2.45, 2.75) is 6.42 Å².